The molecule has 0 aromatic heterocycles. The van der Waals surface area contributed by atoms with Crippen LogP contribution in [0.2, 0.25) is 0 Å². The summed E-state index contributed by atoms with van der Waals surface area (Å²) >= 11 is 0. The Morgan fingerprint density at radius 1 is 1.09 bits per heavy atom. The highest BCUT2D eigenvalue weighted by Gasteiger charge is 2.50. The zero-order valence-electron chi connectivity index (χ0n) is 11.4. The third-order valence-electron chi connectivity index (χ3n) is 3.42. The van der Waals surface area contributed by atoms with Crippen molar-refractivity contribution in [3.8, 4) is 0 Å². The second kappa shape index (κ2) is 5.88. The largest absolute Gasteiger partial charge is 0.504 e. The third kappa shape index (κ3) is 3.49. The lowest BCUT2D eigenvalue weighted by Gasteiger charge is -2.29. The molecule has 1 aromatic carbocycles. The normalized spacial score (nSPS) is 19.8. The summed E-state index contributed by atoms with van der Waals surface area (Å²) in [7, 11) is 0. The molecule has 126 valence electrons. The average molecular weight is 339 g/mol. The van der Waals surface area contributed by atoms with Crippen molar-refractivity contribution in [2.24, 2.45) is 0 Å². The van der Waals surface area contributed by atoms with Crippen LogP contribution in [0.3, 0.4) is 0 Å². The number of carbonyl (C=O) groups is 1. The summed E-state index contributed by atoms with van der Waals surface area (Å²) in [5.41, 5.74) is -1.13. The standard InChI is InChI=1S/C14H11F6NO2/c15-13(16,17)11(22)9(12(23)14(18,19)20)10-8-4-2-1-3-7(8)5-6-21-10/h1-4,10,21-22H,5-6H2/t10-/m0/s1. The Kier molecular flexibility index (Phi) is 4.43. The molecule has 0 aliphatic carbocycles. The van der Waals surface area contributed by atoms with E-state index in [0.717, 1.165) is 0 Å². The first-order valence-electron chi connectivity index (χ1n) is 6.46. The molecule has 1 aliphatic heterocycles. The van der Waals surface area contributed by atoms with Gasteiger partial charge in [0.15, 0.2) is 0 Å². The number of ketones is 1. The molecule has 0 radical (unpaired) electrons. The molecule has 2 N–H and O–H groups in total. The van der Waals surface area contributed by atoms with Crippen LogP contribution >= 0.6 is 0 Å². The van der Waals surface area contributed by atoms with Gasteiger partial charge in [-0.25, -0.2) is 0 Å². The summed E-state index contributed by atoms with van der Waals surface area (Å²) in [5.74, 6) is -5.25. The van der Waals surface area contributed by atoms with E-state index < -0.39 is 35.5 Å². The molecule has 1 heterocycles. The molecule has 0 saturated heterocycles. The number of nitrogens with one attached hydrogen (secondary N) is 1. The minimum atomic E-state index is -5.54. The fraction of sp³-hybridized carbons (Fsp3) is 0.357. The molecule has 9 heteroatoms. The zero-order valence-corrected chi connectivity index (χ0v) is 11.4. The van der Waals surface area contributed by atoms with Crippen molar-refractivity contribution in [1.29, 1.82) is 0 Å². The molecule has 1 atom stereocenters. The van der Waals surface area contributed by atoms with Gasteiger partial charge in [-0.2, -0.15) is 26.3 Å². The van der Waals surface area contributed by atoms with E-state index in [9.17, 15) is 36.2 Å². The van der Waals surface area contributed by atoms with Crippen molar-refractivity contribution >= 4 is 5.78 Å². The maximum absolute atomic E-state index is 12.7. The van der Waals surface area contributed by atoms with E-state index >= 15 is 0 Å². The van der Waals surface area contributed by atoms with Gasteiger partial charge >= 0.3 is 12.4 Å². The maximum atomic E-state index is 12.7. The van der Waals surface area contributed by atoms with Crippen molar-refractivity contribution in [1.82, 2.24) is 5.32 Å². The lowest BCUT2D eigenvalue weighted by atomic mass is 9.87. The Morgan fingerprint density at radius 3 is 2.26 bits per heavy atom. The van der Waals surface area contributed by atoms with Crippen LogP contribution in [0.5, 0.6) is 0 Å². The number of rotatable bonds is 2. The summed E-state index contributed by atoms with van der Waals surface area (Å²) in [6.45, 7) is 0.0709. The Morgan fingerprint density at radius 2 is 1.70 bits per heavy atom. The lowest BCUT2D eigenvalue weighted by Crippen LogP contribution is -2.39. The van der Waals surface area contributed by atoms with Gasteiger partial charge < -0.3 is 10.4 Å². The first kappa shape index (κ1) is 17.3. The number of Topliss-reactive ketones (excluding diaryl/α,β-unsaturated/α-hetero) is 1. The van der Waals surface area contributed by atoms with Crippen LogP contribution in [0.1, 0.15) is 17.2 Å². The molecule has 0 amide bonds. The number of benzene rings is 1. The minimum Gasteiger partial charge on any atom is -0.504 e. The SMILES string of the molecule is O=C(C(=C(O)C(F)(F)F)[C@H]1NCCc2ccccc21)C(F)(F)F. The summed E-state index contributed by atoms with van der Waals surface area (Å²) in [5, 5.41) is 11.7. The van der Waals surface area contributed by atoms with Crippen LogP contribution < -0.4 is 5.32 Å². The smallest absolute Gasteiger partial charge is 0.454 e. The lowest BCUT2D eigenvalue weighted by molar-refractivity contribution is -0.168. The summed E-state index contributed by atoms with van der Waals surface area (Å²) in [4.78, 5) is 11.5. The van der Waals surface area contributed by atoms with Crippen LogP contribution in [0.15, 0.2) is 35.6 Å². The zero-order chi connectivity index (χ0) is 17.4. The monoisotopic (exact) mass is 339 g/mol. The molecule has 23 heavy (non-hydrogen) atoms. The van der Waals surface area contributed by atoms with E-state index in [2.05, 4.69) is 5.32 Å². The van der Waals surface area contributed by atoms with Gasteiger partial charge in [0.25, 0.3) is 5.78 Å². The van der Waals surface area contributed by atoms with Crippen LogP contribution in [0.25, 0.3) is 0 Å². The molecule has 1 aliphatic rings. The topological polar surface area (TPSA) is 49.3 Å². The highest BCUT2D eigenvalue weighted by atomic mass is 19.4. The molecule has 0 bridgehead atoms. The van der Waals surface area contributed by atoms with Gasteiger partial charge in [-0.1, -0.05) is 24.3 Å². The number of aliphatic hydroxyl groups is 1. The number of allylic oxidation sites excluding steroid dienone is 1. The van der Waals surface area contributed by atoms with E-state index in [0.29, 0.717) is 12.0 Å². The number of carbonyl (C=O) groups excluding carboxylic acids is 1. The number of hydrogen-bond acceptors (Lipinski definition) is 3. The predicted octanol–water partition coefficient (Wildman–Crippen LogP) is 3.38. The summed E-state index contributed by atoms with van der Waals surface area (Å²) in [6.07, 6.45) is -10.6. The van der Waals surface area contributed by atoms with Crippen molar-refractivity contribution in [2.45, 2.75) is 24.8 Å². The Hall–Kier alpha value is -2.03. The van der Waals surface area contributed by atoms with Gasteiger partial charge in [-0.15, -0.1) is 0 Å². The molecule has 0 spiro atoms. The van der Waals surface area contributed by atoms with E-state index in [-0.39, 0.29) is 12.1 Å². The Labute approximate surface area is 126 Å². The quantitative estimate of drug-likeness (QED) is 0.493. The van der Waals surface area contributed by atoms with Gasteiger partial charge in [0.1, 0.15) is 0 Å². The molecule has 2 rings (SSSR count). The molecule has 0 saturated carbocycles. The number of hydrogen-bond donors (Lipinski definition) is 2. The fourth-order valence-electron chi connectivity index (χ4n) is 2.44. The van der Waals surface area contributed by atoms with Gasteiger partial charge in [-0.3, -0.25) is 4.79 Å². The van der Waals surface area contributed by atoms with Gasteiger partial charge in [0.05, 0.1) is 11.6 Å². The van der Waals surface area contributed by atoms with Crippen LogP contribution in [0.4, 0.5) is 26.3 Å². The minimum absolute atomic E-state index is 0.0709. The predicted molar refractivity (Wildman–Crippen MR) is 67.7 cm³/mol. The first-order valence-corrected chi connectivity index (χ1v) is 6.46. The van der Waals surface area contributed by atoms with Crippen molar-refractivity contribution < 1.29 is 36.2 Å². The van der Waals surface area contributed by atoms with Gasteiger partial charge in [0, 0.05) is 6.54 Å². The Bertz CT molecular complexity index is 647. The summed E-state index contributed by atoms with van der Waals surface area (Å²) < 4.78 is 76.2. The number of fused-ring (bicyclic) bond motifs is 1. The number of aliphatic hydroxyl groups excluding tert-OH is 1. The van der Waals surface area contributed by atoms with E-state index in [1.54, 1.807) is 12.1 Å². The molecule has 3 nitrogen and oxygen atoms in total. The van der Waals surface area contributed by atoms with E-state index in [4.69, 9.17) is 0 Å². The molecule has 1 aromatic rings. The van der Waals surface area contributed by atoms with Crippen LogP contribution in [-0.4, -0.2) is 29.8 Å². The molecular weight excluding hydrogens is 328 g/mol. The van der Waals surface area contributed by atoms with E-state index in [1.807, 2.05) is 0 Å². The molecule has 0 unspecified atom stereocenters. The second-order valence-corrected chi connectivity index (χ2v) is 4.92. The first-order chi connectivity index (χ1) is 10.5. The van der Waals surface area contributed by atoms with Gasteiger partial charge in [0.2, 0.25) is 5.76 Å². The van der Waals surface area contributed by atoms with Crippen molar-refractivity contribution in [3.05, 3.63) is 46.7 Å². The highest BCUT2D eigenvalue weighted by molar-refractivity contribution is 6.01. The average Bonchev–Trinajstić information content (AvgIpc) is 2.45. The third-order valence-corrected chi connectivity index (χ3v) is 3.42. The van der Waals surface area contributed by atoms with Crippen molar-refractivity contribution in [3.63, 3.8) is 0 Å². The molecule has 0 fully saturated rings. The highest BCUT2D eigenvalue weighted by Crippen LogP contribution is 2.38. The van der Waals surface area contributed by atoms with Crippen LogP contribution in [-0.2, 0) is 11.2 Å². The number of alkyl halides is 6. The van der Waals surface area contributed by atoms with Crippen LogP contribution in [0, 0.1) is 0 Å². The maximum Gasteiger partial charge on any atom is 0.454 e. The number of halogens is 6. The second-order valence-electron chi connectivity index (χ2n) is 4.92. The van der Waals surface area contributed by atoms with E-state index in [1.165, 1.54) is 12.1 Å². The summed E-state index contributed by atoms with van der Waals surface area (Å²) in [6, 6.07) is 4.19. The van der Waals surface area contributed by atoms with Gasteiger partial charge in [-0.05, 0) is 17.5 Å². The fourth-order valence-corrected chi connectivity index (χ4v) is 2.44. The van der Waals surface area contributed by atoms with Crippen molar-refractivity contribution in [2.75, 3.05) is 6.54 Å². The molecular formula is C14H11F6NO2. The Balaban J connectivity index is 2.64.